The van der Waals surface area contributed by atoms with Crippen molar-refractivity contribution in [1.29, 1.82) is 0 Å². The van der Waals surface area contributed by atoms with Gasteiger partial charge in [0.25, 0.3) is 0 Å². The Bertz CT molecular complexity index is 287. The predicted molar refractivity (Wildman–Crippen MR) is 111 cm³/mol. The minimum atomic E-state index is 0.120. The first-order chi connectivity index (χ1) is 9.63. The van der Waals surface area contributed by atoms with Crippen LogP contribution in [0.3, 0.4) is 0 Å². The Kier molecular flexibility index (Phi) is 25.0. The predicted octanol–water partition coefficient (Wildman–Crippen LogP) is 5.94. The van der Waals surface area contributed by atoms with Crippen LogP contribution in [0.5, 0.6) is 0 Å². The van der Waals surface area contributed by atoms with E-state index in [4.69, 9.17) is 0 Å². The quantitative estimate of drug-likeness (QED) is 0.517. The van der Waals surface area contributed by atoms with E-state index in [1.54, 1.807) is 0 Å². The van der Waals surface area contributed by atoms with Crippen LogP contribution in [-0.4, -0.2) is 42.9 Å². The minimum absolute atomic E-state index is 0.120. The van der Waals surface area contributed by atoms with Crippen LogP contribution in [0.25, 0.3) is 6.08 Å². The maximum absolute atomic E-state index is 2.27. The van der Waals surface area contributed by atoms with Crippen LogP contribution >= 0.6 is 0 Å². The molecule has 1 aromatic carbocycles. The Morgan fingerprint density at radius 2 is 0.952 bits per heavy atom. The Morgan fingerprint density at radius 3 is 1.19 bits per heavy atom. The standard InChI is InChI=1S/C8H7Ge.3C3H9Si/c9-7-6-8-4-2-1-3-5-8;3*1-4(2)3/h1-7H;3*1-3H3/b7-6+;;;. The number of rotatable bonds is 1. The molecule has 0 amide bonds. The van der Waals surface area contributed by atoms with Crippen LogP contribution < -0.4 is 0 Å². The molecule has 0 saturated heterocycles. The summed E-state index contributed by atoms with van der Waals surface area (Å²) >= 11 is 2.02. The van der Waals surface area contributed by atoms with Crippen molar-refractivity contribution in [1.82, 2.24) is 0 Å². The van der Waals surface area contributed by atoms with Crippen molar-refractivity contribution >= 4 is 49.0 Å². The SMILES string of the molecule is C[Si](C)C.C[Si](C)C.C[Si](C)C.[Ge]/[CH]=C/c1ccccc1. The zero-order valence-electron chi connectivity index (χ0n) is 15.5. The summed E-state index contributed by atoms with van der Waals surface area (Å²) in [7, 11) is 0.361. The van der Waals surface area contributed by atoms with Crippen molar-refractivity contribution in [2.45, 2.75) is 58.9 Å². The molecule has 0 unspecified atom stereocenters. The van der Waals surface area contributed by atoms with Gasteiger partial charge in [-0.15, -0.1) is 0 Å². The summed E-state index contributed by atoms with van der Waals surface area (Å²) < 4.78 is 0. The molecule has 0 atom stereocenters. The van der Waals surface area contributed by atoms with E-state index in [9.17, 15) is 0 Å². The molecule has 4 heteroatoms. The van der Waals surface area contributed by atoms with Gasteiger partial charge < -0.3 is 0 Å². The third kappa shape index (κ3) is 53.4. The third-order valence-electron chi connectivity index (χ3n) is 1.08. The average molecular weight is 395 g/mol. The molecule has 0 saturated carbocycles. The summed E-state index contributed by atoms with van der Waals surface area (Å²) in [5.41, 5.74) is 1.26. The fraction of sp³-hybridized carbons (Fsp3) is 0.529. The van der Waals surface area contributed by atoms with Gasteiger partial charge in [0.1, 0.15) is 0 Å². The monoisotopic (exact) mass is 396 g/mol. The first-order valence-electron chi connectivity index (χ1n) is 7.32. The van der Waals surface area contributed by atoms with Gasteiger partial charge in [-0.1, -0.05) is 58.9 Å². The summed E-state index contributed by atoms with van der Waals surface area (Å²) in [6.07, 6.45) is 2.08. The van der Waals surface area contributed by atoms with Gasteiger partial charge in [-0.3, -0.25) is 0 Å². The van der Waals surface area contributed by atoms with Crippen molar-refractivity contribution < 1.29 is 0 Å². The van der Waals surface area contributed by atoms with Gasteiger partial charge in [-0.05, 0) is 0 Å². The molecule has 0 heterocycles. The number of hydrogen-bond acceptors (Lipinski definition) is 0. The number of benzene rings is 1. The fourth-order valence-electron chi connectivity index (χ4n) is 0.660. The van der Waals surface area contributed by atoms with Crippen molar-refractivity contribution in [3.05, 3.63) is 40.8 Å². The Labute approximate surface area is 148 Å². The summed E-state index contributed by atoms with van der Waals surface area (Å²) in [5, 5.41) is 0. The summed E-state index contributed by atoms with van der Waals surface area (Å²) in [6.45, 7) is 20.4. The summed E-state index contributed by atoms with van der Waals surface area (Å²) in [4.78, 5) is 2.04. The molecule has 0 aliphatic rings. The van der Waals surface area contributed by atoms with Gasteiger partial charge in [0.15, 0.2) is 0 Å². The van der Waals surface area contributed by atoms with Crippen LogP contribution in [0.15, 0.2) is 35.2 Å². The van der Waals surface area contributed by atoms with Crippen LogP contribution in [0, 0.1) is 0 Å². The molecule has 1 aromatic rings. The molecule has 118 valence electrons. The van der Waals surface area contributed by atoms with Gasteiger partial charge in [0.05, 0.1) is 0 Å². The molecule has 0 aliphatic carbocycles. The van der Waals surface area contributed by atoms with E-state index in [1.165, 1.54) is 5.56 Å². The van der Waals surface area contributed by atoms with Gasteiger partial charge in [0, 0.05) is 26.4 Å². The molecular weight excluding hydrogens is 361 g/mol. The molecular formula is C17H34GeSi3. The van der Waals surface area contributed by atoms with E-state index in [1.807, 2.05) is 39.6 Å². The van der Waals surface area contributed by atoms with E-state index < -0.39 is 0 Å². The molecule has 6 radical (unpaired) electrons. The van der Waals surface area contributed by atoms with E-state index in [0.717, 1.165) is 0 Å². The van der Waals surface area contributed by atoms with E-state index in [0.29, 0.717) is 0 Å². The molecule has 21 heavy (non-hydrogen) atoms. The van der Waals surface area contributed by atoms with Crippen molar-refractivity contribution in [2.75, 3.05) is 0 Å². The molecule has 1 rings (SSSR count). The van der Waals surface area contributed by atoms with Crippen LogP contribution in [-0.2, 0) is 0 Å². The summed E-state index contributed by atoms with van der Waals surface area (Å²) in [5.74, 6) is 0. The molecule has 0 aliphatic heterocycles. The zero-order valence-corrected chi connectivity index (χ0v) is 20.6. The maximum atomic E-state index is 2.27. The van der Waals surface area contributed by atoms with Crippen LogP contribution in [0.1, 0.15) is 5.56 Å². The zero-order chi connectivity index (χ0) is 17.3. The van der Waals surface area contributed by atoms with Crippen LogP contribution in [0.4, 0.5) is 0 Å². The normalized spacial score (nSPS) is 9.57. The van der Waals surface area contributed by atoms with Gasteiger partial charge in [-0.2, -0.15) is 0 Å². The second-order valence-corrected chi connectivity index (χ2v) is 15.9. The van der Waals surface area contributed by atoms with Crippen LogP contribution in [0.2, 0.25) is 58.9 Å². The third-order valence-corrected chi connectivity index (χ3v) is 1.43. The Morgan fingerprint density at radius 1 is 0.667 bits per heavy atom. The second-order valence-electron chi connectivity index (χ2n) is 6.24. The molecule has 0 nitrogen and oxygen atoms in total. The average Bonchev–Trinajstić information content (AvgIpc) is 2.28. The Hall–Kier alpha value is 0.154. The van der Waals surface area contributed by atoms with E-state index in [2.05, 4.69) is 77.1 Å². The number of hydrogen-bond donors (Lipinski definition) is 0. The van der Waals surface area contributed by atoms with Gasteiger partial charge in [-0.25, -0.2) is 0 Å². The van der Waals surface area contributed by atoms with Gasteiger partial charge >= 0.3 is 63.4 Å². The molecule has 0 spiro atoms. The molecule has 0 N–H and O–H groups in total. The molecule has 0 aromatic heterocycles. The van der Waals surface area contributed by atoms with Gasteiger partial charge in [0.2, 0.25) is 0 Å². The second kappa shape index (κ2) is 20.2. The van der Waals surface area contributed by atoms with Crippen molar-refractivity contribution in [3.63, 3.8) is 0 Å². The topological polar surface area (TPSA) is 0 Å². The van der Waals surface area contributed by atoms with Crippen molar-refractivity contribution in [2.24, 2.45) is 0 Å². The molecule has 0 bridgehead atoms. The Balaban J connectivity index is -0.000000230. The van der Waals surface area contributed by atoms with Crippen molar-refractivity contribution in [3.8, 4) is 0 Å². The molecule has 0 fully saturated rings. The summed E-state index contributed by atoms with van der Waals surface area (Å²) in [6, 6.07) is 10.3. The first-order valence-corrected chi connectivity index (χ1v) is 17.5. The van der Waals surface area contributed by atoms with E-state index in [-0.39, 0.29) is 26.4 Å². The first kappa shape index (κ1) is 26.1. The van der Waals surface area contributed by atoms with E-state index >= 15 is 0 Å². The fourth-order valence-corrected chi connectivity index (χ4v) is 1.06.